The van der Waals surface area contributed by atoms with E-state index in [0.717, 1.165) is 28.0 Å². The highest BCUT2D eigenvalue weighted by Crippen LogP contribution is 2.22. The van der Waals surface area contributed by atoms with Gasteiger partial charge in [-0.3, -0.25) is 0 Å². The molecule has 0 aliphatic heterocycles. The van der Waals surface area contributed by atoms with Gasteiger partial charge in [0, 0.05) is 5.41 Å². The largest absolute Gasteiger partial charge is 0.204 e. The fraction of sp³-hybridized carbons (Fsp3) is 0.154. The number of nitrogens with zero attached hydrogens (tertiary/aromatic N) is 1. The second kappa shape index (κ2) is 8.37. The maximum Gasteiger partial charge on any atom is 0.0886 e. The van der Waals surface area contributed by atoms with E-state index in [0.29, 0.717) is 0 Å². The average Bonchev–Trinajstić information content (AvgIpc) is 2.68. The van der Waals surface area contributed by atoms with E-state index in [-0.39, 0.29) is 5.41 Å². The van der Waals surface area contributed by atoms with Crippen molar-refractivity contribution < 1.29 is 0 Å². The maximum atomic E-state index is 4.67. The molecular formula is C26H23N. The SMILES string of the molecule is CC(C)(C)C#Cc1ccccc1N=C=C(c1ccccc1)c1ccccc1. The van der Waals surface area contributed by atoms with Crippen LogP contribution in [0.15, 0.2) is 89.9 Å². The molecule has 0 unspecified atom stereocenters. The van der Waals surface area contributed by atoms with Crippen molar-refractivity contribution in [1.29, 1.82) is 0 Å². The summed E-state index contributed by atoms with van der Waals surface area (Å²) in [6, 6.07) is 28.4. The third kappa shape index (κ3) is 5.32. The van der Waals surface area contributed by atoms with Crippen molar-refractivity contribution in [3.63, 3.8) is 0 Å². The molecule has 0 saturated carbocycles. The Bertz CT molecular complexity index is 979. The van der Waals surface area contributed by atoms with Crippen molar-refractivity contribution in [2.24, 2.45) is 10.4 Å². The second-order valence-electron chi connectivity index (χ2n) is 7.35. The lowest BCUT2D eigenvalue weighted by Crippen LogP contribution is -1.99. The molecule has 1 nitrogen and oxygen atoms in total. The first-order chi connectivity index (χ1) is 13.0. The number of aliphatic imine (C=N–C) groups is 1. The summed E-state index contributed by atoms with van der Waals surface area (Å²) in [6.07, 6.45) is 0. The first kappa shape index (κ1) is 18.5. The molecule has 0 fully saturated rings. The van der Waals surface area contributed by atoms with Gasteiger partial charge in [-0.15, -0.1) is 0 Å². The number of hydrogen-bond acceptors (Lipinski definition) is 1. The molecule has 0 aromatic heterocycles. The number of para-hydroxylation sites is 1. The molecule has 0 heterocycles. The van der Waals surface area contributed by atoms with Crippen molar-refractivity contribution in [3.05, 3.63) is 102 Å². The third-order valence-electron chi connectivity index (χ3n) is 3.89. The van der Waals surface area contributed by atoms with Crippen LogP contribution in [-0.4, -0.2) is 5.87 Å². The van der Waals surface area contributed by atoms with E-state index in [1.165, 1.54) is 0 Å². The van der Waals surface area contributed by atoms with Gasteiger partial charge in [-0.25, -0.2) is 4.99 Å². The molecule has 0 bridgehead atoms. The van der Waals surface area contributed by atoms with Crippen molar-refractivity contribution >= 4 is 17.1 Å². The van der Waals surface area contributed by atoms with Gasteiger partial charge >= 0.3 is 0 Å². The average molecular weight is 349 g/mol. The lowest BCUT2D eigenvalue weighted by atomic mass is 9.97. The van der Waals surface area contributed by atoms with Crippen LogP contribution in [0.3, 0.4) is 0 Å². The minimum atomic E-state index is -0.0497. The highest BCUT2D eigenvalue weighted by Gasteiger charge is 2.06. The van der Waals surface area contributed by atoms with Crippen molar-refractivity contribution in [2.75, 3.05) is 0 Å². The van der Waals surface area contributed by atoms with Crippen molar-refractivity contribution in [1.82, 2.24) is 0 Å². The van der Waals surface area contributed by atoms with Gasteiger partial charge in [0.1, 0.15) is 0 Å². The summed E-state index contributed by atoms with van der Waals surface area (Å²) in [6.45, 7) is 6.32. The van der Waals surface area contributed by atoms with Crippen LogP contribution in [0.25, 0.3) is 5.57 Å². The van der Waals surface area contributed by atoms with Crippen LogP contribution in [0.4, 0.5) is 5.69 Å². The van der Waals surface area contributed by atoms with Crippen LogP contribution >= 0.6 is 0 Å². The van der Waals surface area contributed by atoms with E-state index >= 15 is 0 Å². The molecular weight excluding hydrogens is 326 g/mol. The maximum absolute atomic E-state index is 4.67. The topological polar surface area (TPSA) is 12.4 Å². The molecule has 0 spiro atoms. The minimum absolute atomic E-state index is 0.0497. The Morgan fingerprint density at radius 2 is 1.22 bits per heavy atom. The van der Waals surface area contributed by atoms with Crippen LogP contribution in [0.1, 0.15) is 37.5 Å². The van der Waals surface area contributed by atoms with E-state index in [2.05, 4.69) is 67.7 Å². The summed E-state index contributed by atoms with van der Waals surface area (Å²) < 4.78 is 0. The number of benzene rings is 3. The van der Waals surface area contributed by atoms with Crippen LogP contribution in [-0.2, 0) is 0 Å². The van der Waals surface area contributed by atoms with Gasteiger partial charge in [-0.2, -0.15) is 0 Å². The van der Waals surface area contributed by atoms with Crippen molar-refractivity contribution in [3.8, 4) is 11.8 Å². The lowest BCUT2D eigenvalue weighted by Gasteiger charge is -2.07. The van der Waals surface area contributed by atoms with Crippen molar-refractivity contribution in [2.45, 2.75) is 20.8 Å². The minimum Gasteiger partial charge on any atom is -0.204 e. The first-order valence-electron chi connectivity index (χ1n) is 9.10. The van der Waals surface area contributed by atoms with E-state index < -0.39 is 0 Å². The first-order valence-corrected chi connectivity index (χ1v) is 9.10. The normalized spacial score (nSPS) is 10.3. The predicted molar refractivity (Wildman–Crippen MR) is 115 cm³/mol. The summed E-state index contributed by atoms with van der Waals surface area (Å²) in [5, 5.41) is 0. The van der Waals surface area contributed by atoms with E-state index in [4.69, 9.17) is 0 Å². The van der Waals surface area contributed by atoms with Gasteiger partial charge in [-0.1, -0.05) is 84.6 Å². The van der Waals surface area contributed by atoms with Crippen LogP contribution < -0.4 is 0 Å². The van der Waals surface area contributed by atoms with Gasteiger partial charge in [0.05, 0.1) is 16.8 Å². The van der Waals surface area contributed by atoms with Gasteiger partial charge in [-0.05, 0) is 49.9 Å². The molecule has 0 aliphatic carbocycles. The van der Waals surface area contributed by atoms with E-state index in [1.807, 2.05) is 60.7 Å². The molecule has 3 aromatic rings. The zero-order valence-corrected chi connectivity index (χ0v) is 16.0. The second-order valence-corrected chi connectivity index (χ2v) is 7.35. The molecule has 0 atom stereocenters. The molecule has 0 saturated heterocycles. The summed E-state index contributed by atoms with van der Waals surface area (Å²) in [5.41, 5.74) is 4.84. The highest BCUT2D eigenvalue weighted by atomic mass is 14.7. The van der Waals surface area contributed by atoms with Crippen LogP contribution in [0, 0.1) is 17.3 Å². The molecule has 27 heavy (non-hydrogen) atoms. The molecule has 0 aliphatic rings. The van der Waals surface area contributed by atoms with Crippen LogP contribution in [0.5, 0.6) is 0 Å². The van der Waals surface area contributed by atoms with E-state index in [1.54, 1.807) is 0 Å². The summed E-state index contributed by atoms with van der Waals surface area (Å²) in [4.78, 5) is 4.67. The zero-order valence-electron chi connectivity index (χ0n) is 16.0. The predicted octanol–water partition coefficient (Wildman–Crippen LogP) is 6.52. The smallest absolute Gasteiger partial charge is 0.0886 e. The Labute approximate surface area is 162 Å². The zero-order chi connectivity index (χ0) is 19.1. The number of hydrogen-bond donors (Lipinski definition) is 0. The monoisotopic (exact) mass is 349 g/mol. The molecule has 1 heteroatoms. The van der Waals surface area contributed by atoms with Gasteiger partial charge in [0.25, 0.3) is 0 Å². The lowest BCUT2D eigenvalue weighted by molar-refractivity contribution is 0.571. The summed E-state index contributed by atoms with van der Waals surface area (Å²) in [5.74, 6) is 9.83. The molecule has 0 radical (unpaired) electrons. The standard InChI is InChI=1S/C26H23N/c1-26(2,3)19-18-23-16-10-11-17-25(23)27-20-24(21-12-6-4-7-13-21)22-14-8-5-9-15-22/h4-17H,1-3H3. The Kier molecular flexibility index (Phi) is 5.72. The molecule has 132 valence electrons. The highest BCUT2D eigenvalue weighted by molar-refractivity contribution is 5.99. The van der Waals surface area contributed by atoms with Gasteiger partial charge < -0.3 is 0 Å². The Morgan fingerprint density at radius 3 is 1.78 bits per heavy atom. The molecule has 3 rings (SSSR count). The Hall–Kier alpha value is -3.33. The van der Waals surface area contributed by atoms with Gasteiger partial charge in [0.2, 0.25) is 0 Å². The Morgan fingerprint density at radius 1 is 0.704 bits per heavy atom. The Balaban J connectivity index is 2.12. The summed E-state index contributed by atoms with van der Waals surface area (Å²) in [7, 11) is 0. The van der Waals surface area contributed by atoms with E-state index in [9.17, 15) is 0 Å². The molecule has 0 amide bonds. The third-order valence-corrected chi connectivity index (χ3v) is 3.89. The fourth-order valence-corrected chi connectivity index (χ4v) is 2.55. The van der Waals surface area contributed by atoms with Gasteiger partial charge in [0.15, 0.2) is 0 Å². The molecule has 0 N–H and O–H groups in total. The summed E-state index contributed by atoms with van der Waals surface area (Å²) >= 11 is 0. The fourth-order valence-electron chi connectivity index (χ4n) is 2.55. The number of rotatable bonds is 3. The molecule has 3 aromatic carbocycles. The van der Waals surface area contributed by atoms with Crippen LogP contribution in [0.2, 0.25) is 0 Å². The quantitative estimate of drug-likeness (QED) is 0.377.